The number of aryl methyl sites for hydroxylation is 2. The second-order valence-corrected chi connectivity index (χ2v) is 10.3. The number of hydrogen-bond donors (Lipinski definition) is 3. The molecular weight excluding hydrogens is 454 g/mol. The minimum absolute atomic E-state index is 0.0870. The van der Waals surface area contributed by atoms with E-state index >= 15 is 0 Å². The summed E-state index contributed by atoms with van der Waals surface area (Å²) in [5, 5.41) is 17.1. The predicted octanol–water partition coefficient (Wildman–Crippen LogP) is 5.08. The zero-order chi connectivity index (χ0) is 24.2. The molecule has 0 bridgehead atoms. The average molecular weight is 485 g/mol. The summed E-state index contributed by atoms with van der Waals surface area (Å²) in [6.07, 6.45) is 2.23. The van der Waals surface area contributed by atoms with Gasteiger partial charge in [-0.1, -0.05) is 12.1 Å². The van der Waals surface area contributed by atoms with Gasteiger partial charge in [-0.15, -0.1) is 11.3 Å². The quantitative estimate of drug-likeness (QED) is 0.418. The van der Waals surface area contributed by atoms with Crippen molar-refractivity contribution in [1.82, 2.24) is 10.6 Å². The van der Waals surface area contributed by atoms with Crippen LogP contribution in [-0.2, 0) is 17.6 Å². The van der Waals surface area contributed by atoms with E-state index in [0.29, 0.717) is 5.56 Å². The SMILES string of the molecule is CC(=O)NC(Cc1cc(F)cc(F)c1)C(O)CNC1CCCc2ccc(-c3ccc(C)s3)cc21. The molecule has 1 aromatic heterocycles. The van der Waals surface area contributed by atoms with Crippen molar-refractivity contribution in [3.63, 3.8) is 0 Å². The van der Waals surface area contributed by atoms with Crippen LogP contribution in [0.2, 0.25) is 0 Å². The van der Waals surface area contributed by atoms with Crippen LogP contribution in [0.25, 0.3) is 10.4 Å². The summed E-state index contributed by atoms with van der Waals surface area (Å²) in [5.41, 5.74) is 4.12. The first-order valence-electron chi connectivity index (χ1n) is 11.6. The van der Waals surface area contributed by atoms with E-state index in [4.69, 9.17) is 0 Å². The third kappa shape index (κ3) is 6.09. The molecule has 2 aromatic carbocycles. The predicted molar refractivity (Wildman–Crippen MR) is 132 cm³/mol. The molecule has 1 heterocycles. The van der Waals surface area contributed by atoms with Gasteiger partial charge in [0, 0.05) is 35.3 Å². The maximum atomic E-state index is 13.6. The Labute approximate surface area is 203 Å². The highest BCUT2D eigenvalue weighted by Gasteiger charge is 2.25. The first-order chi connectivity index (χ1) is 16.3. The third-order valence-electron chi connectivity index (χ3n) is 6.29. The molecule has 0 spiro atoms. The highest BCUT2D eigenvalue weighted by atomic mass is 32.1. The van der Waals surface area contributed by atoms with E-state index in [1.165, 1.54) is 45.5 Å². The van der Waals surface area contributed by atoms with Gasteiger partial charge < -0.3 is 15.7 Å². The van der Waals surface area contributed by atoms with Gasteiger partial charge >= 0.3 is 0 Å². The van der Waals surface area contributed by atoms with E-state index in [1.54, 1.807) is 11.3 Å². The number of nitrogens with one attached hydrogen (secondary N) is 2. The van der Waals surface area contributed by atoms with Crippen molar-refractivity contribution in [2.24, 2.45) is 0 Å². The van der Waals surface area contributed by atoms with Gasteiger partial charge in [-0.25, -0.2) is 8.78 Å². The number of rotatable bonds is 8. The Morgan fingerprint density at radius 3 is 2.59 bits per heavy atom. The summed E-state index contributed by atoms with van der Waals surface area (Å²) in [5.74, 6) is -1.67. The summed E-state index contributed by atoms with van der Waals surface area (Å²) in [6, 6.07) is 13.5. The fourth-order valence-electron chi connectivity index (χ4n) is 4.69. The minimum Gasteiger partial charge on any atom is -0.390 e. The number of thiophene rings is 1. The highest BCUT2D eigenvalue weighted by molar-refractivity contribution is 7.15. The third-order valence-corrected chi connectivity index (χ3v) is 7.34. The Morgan fingerprint density at radius 2 is 1.91 bits per heavy atom. The van der Waals surface area contributed by atoms with Crippen LogP contribution in [0.15, 0.2) is 48.5 Å². The van der Waals surface area contributed by atoms with E-state index in [9.17, 15) is 18.7 Å². The van der Waals surface area contributed by atoms with Crippen LogP contribution in [0.3, 0.4) is 0 Å². The first kappa shape index (κ1) is 24.5. The number of halogens is 2. The molecule has 180 valence electrons. The summed E-state index contributed by atoms with van der Waals surface area (Å²) in [4.78, 5) is 14.2. The van der Waals surface area contributed by atoms with Gasteiger partial charge in [0.2, 0.25) is 5.91 Å². The van der Waals surface area contributed by atoms with E-state index in [1.807, 2.05) is 0 Å². The molecule has 3 unspecified atom stereocenters. The molecule has 0 saturated carbocycles. The molecule has 7 heteroatoms. The highest BCUT2D eigenvalue weighted by Crippen LogP contribution is 2.35. The van der Waals surface area contributed by atoms with E-state index in [2.05, 4.69) is 47.9 Å². The Bertz CT molecular complexity index is 1140. The summed E-state index contributed by atoms with van der Waals surface area (Å²) >= 11 is 1.77. The van der Waals surface area contributed by atoms with Gasteiger partial charge in [-0.3, -0.25) is 4.79 Å². The van der Waals surface area contributed by atoms with E-state index < -0.39 is 23.8 Å². The standard InChI is InChI=1S/C27H30F2N2O2S/c1-16-6-9-27(34-16)20-8-7-19-4-3-5-24(23(19)13-20)30-15-26(33)25(31-17(2)32)12-18-10-21(28)14-22(29)11-18/h6-11,13-14,24-26,30,33H,3-5,12,15H2,1-2H3,(H,31,32). The number of hydrogen-bond acceptors (Lipinski definition) is 4. The zero-order valence-corrected chi connectivity index (χ0v) is 20.2. The lowest BCUT2D eigenvalue weighted by Crippen LogP contribution is -2.48. The zero-order valence-electron chi connectivity index (χ0n) is 19.4. The summed E-state index contributed by atoms with van der Waals surface area (Å²) in [7, 11) is 0. The van der Waals surface area contributed by atoms with Crippen LogP contribution >= 0.6 is 11.3 Å². The average Bonchev–Trinajstić information content (AvgIpc) is 3.22. The molecule has 0 radical (unpaired) electrons. The number of carbonyl (C=O) groups is 1. The van der Waals surface area contributed by atoms with E-state index in [0.717, 1.165) is 25.3 Å². The smallest absolute Gasteiger partial charge is 0.217 e. The van der Waals surface area contributed by atoms with Crippen LogP contribution in [0.1, 0.15) is 47.4 Å². The lowest BCUT2D eigenvalue weighted by atomic mass is 9.86. The van der Waals surface area contributed by atoms with Crippen molar-refractivity contribution in [3.8, 4) is 10.4 Å². The maximum Gasteiger partial charge on any atom is 0.217 e. The van der Waals surface area contributed by atoms with Gasteiger partial charge in [0.25, 0.3) is 0 Å². The van der Waals surface area contributed by atoms with Gasteiger partial charge in [0.15, 0.2) is 0 Å². The molecule has 0 aliphatic heterocycles. The van der Waals surface area contributed by atoms with Gasteiger partial charge in [0.1, 0.15) is 11.6 Å². The maximum absolute atomic E-state index is 13.6. The molecule has 4 rings (SSSR count). The van der Waals surface area contributed by atoms with E-state index in [-0.39, 0.29) is 24.9 Å². The Hall–Kier alpha value is -2.61. The Balaban J connectivity index is 1.47. The van der Waals surface area contributed by atoms with Crippen molar-refractivity contribution in [1.29, 1.82) is 0 Å². The van der Waals surface area contributed by atoms with Crippen molar-refractivity contribution >= 4 is 17.2 Å². The molecule has 4 nitrogen and oxygen atoms in total. The number of fused-ring (bicyclic) bond motifs is 1. The lowest BCUT2D eigenvalue weighted by Gasteiger charge is -2.30. The van der Waals surface area contributed by atoms with Crippen LogP contribution in [0.4, 0.5) is 8.78 Å². The van der Waals surface area contributed by atoms with Crippen molar-refractivity contribution in [2.45, 2.75) is 57.7 Å². The number of amides is 1. The van der Waals surface area contributed by atoms with Crippen LogP contribution in [-0.4, -0.2) is 29.7 Å². The largest absolute Gasteiger partial charge is 0.390 e. The number of carbonyl (C=O) groups excluding carboxylic acids is 1. The molecule has 3 aromatic rings. The number of aliphatic hydroxyl groups is 1. The molecule has 3 N–H and O–H groups in total. The van der Waals surface area contributed by atoms with Crippen molar-refractivity contribution in [2.75, 3.05) is 6.54 Å². The van der Waals surface area contributed by atoms with Gasteiger partial charge in [-0.2, -0.15) is 0 Å². The Kier molecular flexibility index (Phi) is 7.76. The van der Waals surface area contributed by atoms with Crippen molar-refractivity contribution < 1.29 is 18.7 Å². The molecule has 0 fully saturated rings. The fraction of sp³-hybridized carbons (Fsp3) is 0.370. The second-order valence-electron chi connectivity index (χ2n) is 9.03. The van der Waals surface area contributed by atoms with Crippen LogP contribution < -0.4 is 10.6 Å². The summed E-state index contributed by atoms with van der Waals surface area (Å²) < 4.78 is 27.3. The molecule has 0 saturated heterocycles. The second kappa shape index (κ2) is 10.8. The summed E-state index contributed by atoms with van der Waals surface area (Å²) in [6.45, 7) is 3.71. The molecule has 34 heavy (non-hydrogen) atoms. The van der Waals surface area contributed by atoms with Crippen LogP contribution in [0, 0.1) is 18.6 Å². The fourth-order valence-corrected chi connectivity index (χ4v) is 5.55. The molecule has 1 aliphatic carbocycles. The first-order valence-corrected chi connectivity index (χ1v) is 12.4. The number of aliphatic hydroxyl groups excluding tert-OH is 1. The molecular formula is C27H30F2N2O2S. The molecule has 1 aliphatic rings. The Morgan fingerprint density at radius 1 is 1.15 bits per heavy atom. The normalized spacial score (nSPS) is 17.1. The lowest BCUT2D eigenvalue weighted by molar-refractivity contribution is -0.120. The number of benzene rings is 2. The minimum atomic E-state index is -0.927. The van der Waals surface area contributed by atoms with Crippen molar-refractivity contribution in [3.05, 3.63) is 81.7 Å². The molecule has 3 atom stereocenters. The van der Waals surface area contributed by atoms with Gasteiger partial charge in [-0.05, 0) is 85.2 Å². The van der Waals surface area contributed by atoms with Crippen LogP contribution in [0.5, 0.6) is 0 Å². The topological polar surface area (TPSA) is 61.4 Å². The van der Waals surface area contributed by atoms with Gasteiger partial charge in [0.05, 0.1) is 12.1 Å². The monoisotopic (exact) mass is 484 g/mol. The molecule has 1 amide bonds.